The number of hydrogen-bond donors (Lipinski definition) is 2. The summed E-state index contributed by atoms with van der Waals surface area (Å²) >= 11 is 0. The number of H-pyrrole nitrogens is 1. The monoisotopic (exact) mass is 268 g/mol. The van der Waals surface area contributed by atoms with Crippen LogP contribution in [0.5, 0.6) is 0 Å². The van der Waals surface area contributed by atoms with E-state index in [1.54, 1.807) is 12.4 Å². The van der Waals surface area contributed by atoms with Crippen molar-refractivity contribution >= 4 is 5.91 Å². The first-order valence-corrected chi connectivity index (χ1v) is 5.63. The van der Waals surface area contributed by atoms with Crippen molar-refractivity contribution in [3.05, 3.63) is 59.2 Å². The van der Waals surface area contributed by atoms with Crippen molar-refractivity contribution in [1.82, 2.24) is 10.3 Å². The van der Waals surface area contributed by atoms with Crippen LogP contribution in [-0.2, 0) is 6.42 Å². The van der Waals surface area contributed by atoms with Gasteiger partial charge in [0, 0.05) is 18.9 Å². The lowest BCUT2D eigenvalue weighted by Crippen LogP contribution is -2.27. The summed E-state index contributed by atoms with van der Waals surface area (Å²) in [5, 5.41) is 2.44. The van der Waals surface area contributed by atoms with Gasteiger partial charge in [0.2, 0.25) is 0 Å². The summed E-state index contributed by atoms with van der Waals surface area (Å²) in [6, 6.07) is 3.48. The molecular weight excluding hydrogens is 257 g/mol. The van der Waals surface area contributed by atoms with Crippen LogP contribution in [0.4, 0.5) is 13.2 Å². The average Bonchev–Trinajstić information content (AvgIpc) is 2.89. The molecule has 0 spiro atoms. The molecule has 2 aromatic rings. The average molecular weight is 268 g/mol. The molecule has 1 amide bonds. The molecule has 2 rings (SSSR count). The second-order valence-corrected chi connectivity index (χ2v) is 3.95. The molecule has 0 fully saturated rings. The van der Waals surface area contributed by atoms with Gasteiger partial charge in [-0.15, -0.1) is 0 Å². The third-order valence-corrected chi connectivity index (χ3v) is 2.64. The maximum atomic E-state index is 13.3. The summed E-state index contributed by atoms with van der Waals surface area (Å²) in [7, 11) is 0. The molecule has 6 heteroatoms. The molecule has 0 saturated carbocycles. The Hall–Kier alpha value is -2.24. The number of aromatic nitrogens is 1. The van der Waals surface area contributed by atoms with E-state index in [1.165, 1.54) is 0 Å². The van der Waals surface area contributed by atoms with Crippen LogP contribution in [0.15, 0.2) is 30.6 Å². The molecular formula is C13H11F3N2O. The van der Waals surface area contributed by atoms with Gasteiger partial charge < -0.3 is 10.3 Å². The Morgan fingerprint density at radius 1 is 1.16 bits per heavy atom. The second kappa shape index (κ2) is 5.60. The number of carbonyl (C=O) groups is 1. The fourth-order valence-corrected chi connectivity index (χ4v) is 1.63. The third-order valence-electron chi connectivity index (χ3n) is 2.64. The highest BCUT2D eigenvalue weighted by atomic mass is 19.2. The zero-order valence-electron chi connectivity index (χ0n) is 9.84. The van der Waals surface area contributed by atoms with Gasteiger partial charge in [-0.1, -0.05) is 0 Å². The number of nitrogens with one attached hydrogen (secondary N) is 2. The van der Waals surface area contributed by atoms with E-state index in [9.17, 15) is 18.0 Å². The highest BCUT2D eigenvalue weighted by molar-refractivity contribution is 5.94. The molecule has 19 heavy (non-hydrogen) atoms. The molecule has 0 bridgehead atoms. The molecule has 1 aromatic carbocycles. The Labute approximate surface area is 107 Å². The largest absolute Gasteiger partial charge is 0.367 e. The maximum Gasteiger partial charge on any atom is 0.254 e. The number of aromatic amines is 1. The molecule has 0 unspecified atom stereocenters. The summed E-state index contributed by atoms with van der Waals surface area (Å²) in [4.78, 5) is 14.5. The molecule has 3 nitrogen and oxygen atoms in total. The van der Waals surface area contributed by atoms with Gasteiger partial charge in [0.05, 0.1) is 5.56 Å². The van der Waals surface area contributed by atoms with Gasteiger partial charge in [-0.2, -0.15) is 0 Å². The molecule has 1 heterocycles. The van der Waals surface area contributed by atoms with Gasteiger partial charge in [0.15, 0.2) is 17.5 Å². The highest BCUT2D eigenvalue weighted by Crippen LogP contribution is 2.14. The molecule has 0 aliphatic carbocycles. The zero-order chi connectivity index (χ0) is 13.8. The summed E-state index contributed by atoms with van der Waals surface area (Å²) in [6.07, 6.45) is 4.07. The lowest BCUT2D eigenvalue weighted by atomic mass is 10.1. The molecule has 0 atom stereocenters. The minimum absolute atomic E-state index is 0.273. The Morgan fingerprint density at radius 2 is 1.95 bits per heavy atom. The Balaban J connectivity index is 1.98. The summed E-state index contributed by atoms with van der Waals surface area (Å²) < 4.78 is 39.0. The van der Waals surface area contributed by atoms with E-state index in [1.807, 2.05) is 6.07 Å². The summed E-state index contributed by atoms with van der Waals surface area (Å²) in [5.74, 6) is -5.20. The van der Waals surface area contributed by atoms with Crippen molar-refractivity contribution in [3.63, 3.8) is 0 Å². The van der Waals surface area contributed by atoms with Crippen LogP contribution >= 0.6 is 0 Å². The van der Waals surface area contributed by atoms with Crippen LogP contribution in [0.1, 0.15) is 15.9 Å². The quantitative estimate of drug-likeness (QED) is 0.822. The van der Waals surface area contributed by atoms with E-state index in [2.05, 4.69) is 10.3 Å². The van der Waals surface area contributed by atoms with Crippen LogP contribution < -0.4 is 5.32 Å². The topological polar surface area (TPSA) is 44.9 Å². The van der Waals surface area contributed by atoms with Crippen LogP contribution in [-0.4, -0.2) is 17.4 Å². The molecule has 0 aliphatic rings. The molecule has 0 saturated heterocycles. The van der Waals surface area contributed by atoms with Gasteiger partial charge in [0.1, 0.15) is 0 Å². The number of benzene rings is 1. The lowest BCUT2D eigenvalue weighted by Gasteiger charge is -2.06. The van der Waals surface area contributed by atoms with E-state index >= 15 is 0 Å². The predicted octanol–water partition coefficient (Wildman–Crippen LogP) is 2.40. The zero-order valence-corrected chi connectivity index (χ0v) is 9.84. The highest BCUT2D eigenvalue weighted by Gasteiger charge is 2.18. The van der Waals surface area contributed by atoms with E-state index in [-0.39, 0.29) is 6.54 Å². The van der Waals surface area contributed by atoms with Crippen molar-refractivity contribution in [2.24, 2.45) is 0 Å². The van der Waals surface area contributed by atoms with Crippen molar-refractivity contribution in [2.75, 3.05) is 6.54 Å². The number of halogens is 3. The molecule has 1 aromatic heterocycles. The predicted molar refractivity (Wildman–Crippen MR) is 63.1 cm³/mol. The SMILES string of the molecule is O=C(NCCc1cc[nH]c1)c1ccc(F)c(F)c1F. The molecule has 0 aliphatic heterocycles. The van der Waals surface area contributed by atoms with E-state index < -0.39 is 28.9 Å². The maximum absolute atomic E-state index is 13.3. The smallest absolute Gasteiger partial charge is 0.254 e. The molecule has 2 N–H and O–H groups in total. The van der Waals surface area contributed by atoms with Crippen LogP contribution in [0, 0.1) is 17.5 Å². The molecule has 0 radical (unpaired) electrons. The standard InChI is InChI=1S/C13H11F3N2O/c14-10-2-1-9(11(15)12(10)16)13(19)18-6-4-8-3-5-17-7-8/h1-3,5,7,17H,4,6H2,(H,18,19). The van der Waals surface area contributed by atoms with Gasteiger partial charge in [-0.25, -0.2) is 13.2 Å². The minimum Gasteiger partial charge on any atom is -0.367 e. The number of carbonyl (C=O) groups excluding carboxylic acids is 1. The Kier molecular flexibility index (Phi) is 3.89. The summed E-state index contributed by atoms with van der Waals surface area (Å²) in [6.45, 7) is 0.273. The van der Waals surface area contributed by atoms with Crippen LogP contribution in [0.2, 0.25) is 0 Å². The normalized spacial score (nSPS) is 10.5. The van der Waals surface area contributed by atoms with Crippen LogP contribution in [0.25, 0.3) is 0 Å². The first-order chi connectivity index (χ1) is 9.09. The third kappa shape index (κ3) is 2.96. The minimum atomic E-state index is -1.64. The fourth-order valence-electron chi connectivity index (χ4n) is 1.63. The van der Waals surface area contributed by atoms with E-state index in [0.29, 0.717) is 6.42 Å². The number of rotatable bonds is 4. The number of amides is 1. The van der Waals surface area contributed by atoms with Gasteiger partial charge >= 0.3 is 0 Å². The van der Waals surface area contributed by atoms with Gasteiger partial charge in [-0.3, -0.25) is 4.79 Å². The fraction of sp³-hybridized carbons (Fsp3) is 0.154. The van der Waals surface area contributed by atoms with E-state index in [0.717, 1.165) is 17.7 Å². The number of hydrogen-bond acceptors (Lipinski definition) is 1. The summed E-state index contributed by atoms with van der Waals surface area (Å²) in [5.41, 5.74) is 0.471. The van der Waals surface area contributed by atoms with Crippen molar-refractivity contribution in [2.45, 2.75) is 6.42 Å². The lowest BCUT2D eigenvalue weighted by molar-refractivity contribution is 0.0949. The van der Waals surface area contributed by atoms with Crippen molar-refractivity contribution in [1.29, 1.82) is 0 Å². The molecule has 100 valence electrons. The van der Waals surface area contributed by atoms with Gasteiger partial charge in [-0.05, 0) is 30.2 Å². The Bertz CT molecular complexity index is 582. The van der Waals surface area contributed by atoms with Gasteiger partial charge in [0.25, 0.3) is 5.91 Å². The van der Waals surface area contributed by atoms with E-state index in [4.69, 9.17) is 0 Å². The first kappa shape index (κ1) is 13.2. The Morgan fingerprint density at radius 3 is 2.63 bits per heavy atom. The van der Waals surface area contributed by atoms with Crippen molar-refractivity contribution < 1.29 is 18.0 Å². The second-order valence-electron chi connectivity index (χ2n) is 3.95. The van der Waals surface area contributed by atoms with Crippen molar-refractivity contribution in [3.8, 4) is 0 Å². The first-order valence-electron chi connectivity index (χ1n) is 5.63. The van der Waals surface area contributed by atoms with Crippen LogP contribution in [0.3, 0.4) is 0 Å².